The fourth-order valence-electron chi connectivity index (χ4n) is 2.43. The molecule has 1 N–H and O–H groups in total. The van der Waals surface area contributed by atoms with Gasteiger partial charge < -0.3 is 5.32 Å². The average molecular weight is 321 g/mol. The zero-order valence-corrected chi connectivity index (χ0v) is 13.8. The molecule has 3 aromatic rings. The standard InChI is InChI=1S/C20H19NOS/c1-15(20(22)21-14-16-7-3-2-4-8-16)23-19-12-11-17-9-5-6-10-18(17)13-19/h2-13,15H,14H2,1H3,(H,21,22)/t15-/m0/s1. The molecule has 0 radical (unpaired) electrons. The van der Waals surface area contributed by atoms with E-state index in [1.54, 1.807) is 11.8 Å². The number of rotatable bonds is 5. The van der Waals surface area contributed by atoms with E-state index in [9.17, 15) is 4.79 Å². The Morgan fingerprint density at radius 1 is 0.957 bits per heavy atom. The molecule has 3 heteroatoms. The zero-order chi connectivity index (χ0) is 16.1. The lowest BCUT2D eigenvalue weighted by molar-refractivity contribution is -0.120. The predicted octanol–water partition coefficient (Wildman–Crippen LogP) is 4.64. The second-order valence-corrected chi connectivity index (χ2v) is 6.89. The number of amides is 1. The van der Waals surface area contributed by atoms with Crippen molar-refractivity contribution < 1.29 is 4.79 Å². The van der Waals surface area contributed by atoms with Crippen LogP contribution in [0.4, 0.5) is 0 Å². The van der Waals surface area contributed by atoms with Gasteiger partial charge in [-0.3, -0.25) is 4.79 Å². The summed E-state index contributed by atoms with van der Waals surface area (Å²) in [5.74, 6) is 0.0620. The molecule has 0 spiro atoms. The Morgan fingerprint density at radius 3 is 2.43 bits per heavy atom. The summed E-state index contributed by atoms with van der Waals surface area (Å²) in [6.07, 6.45) is 0. The number of fused-ring (bicyclic) bond motifs is 1. The fourth-order valence-corrected chi connectivity index (χ4v) is 3.37. The Bertz CT molecular complexity index is 801. The zero-order valence-electron chi connectivity index (χ0n) is 13.0. The summed E-state index contributed by atoms with van der Waals surface area (Å²) in [6, 6.07) is 24.6. The summed E-state index contributed by atoms with van der Waals surface area (Å²) >= 11 is 1.59. The summed E-state index contributed by atoms with van der Waals surface area (Å²) in [7, 11) is 0. The topological polar surface area (TPSA) is 29.1 Å². The molecule has 0 aliphatic heterocycles. The van der Waals surface area contributed by atoms with Gasteiger partial charge in [-0.1, -0.05) is 60.7 Å². The highest BCUT2D eigenvalue weighted by Crippen LogP contribution is 2.27. The largest absolute Gasteiger partial charge is 0.351 e. The van der Waals surface area contributed by atoms with Gasteiger partial charge in [0.25, 0.3) is 0 Å². The van der Waals surface area contributed by atoms with E-state index in [4.69, 9.17) is 0 Å². The molecule has 0 aliphatic carbocycles. The molecule has 0 aromatic heterocycles. The molecule has 0 saturated carbocycles. The van der Waals surface area contributed by atoms with Gasteiger partial charge >= 0.3 is 0 Å². The number of hydrogen-bond donors (Lipinski definition) is 1. The molecule has 3 aromatic carbocycles. The van der Waals surface area contributed by atoms with Crippen molar-refractivity contribution in [2.45, 2.75) is 23.6 Å². The number of thioether (sulfide) groups is 1. The molecule has 0 heterocycles. The quantitative estimate of drug-likeness (QED) is 0.694. The van der Waals surface area contributed by atoms with E-state index in [1.807, 2.05) is 49.4 Å². The molecule has 2 nitrogen and oxygen atoms in total. The highest BCUT2D eigenvalue weighted by atomic mass is 32.2. The number of benzene rings is 3. The SMILES string of the molecule is C[C@H](Sc1ccc2ccccc2c1)C(=O)NCc1ccccc1. The third-order valence-electron chi connectivity index (χ3n) is 3.71. The Morgan fingerprint density at radius 2 is 1.65 bits per heavy atom. The van der Waals surface area contributed by atoms with E-state index >= 15 is 0 Å². The smallest absolute Gasteiger partial charge is 0.233 e. The first-order valence-corrected chi connectivity index (χ1v) is 8.57. The lowest BCUT2D eigenvalue weighted by atomic mass is 10.1. The summed E-state index contributed by atoms with van der Waals surface area (Å²) in [6.45, 7) is 2.52. The highest BCUT2D eigenvalue weighted by Gasteiger charge is 2.14. The van der Waals surface area contributed by atoms with E-state index in [0.717, 1.165) is 10.5 Å². The van der Waals surface area contributed by atoms with E-state index in [-0.39, 0.29) is 11.2 Å². The first-order valence-electron chi connectivity index (χ1n) is 7.69. The van der Waals surface area contributed by atoms with E-state index in [0.29, 0.717) is 6.54 Å². The van der Waals surface area contributed by atoms with E-state index in [1.165, 1.54) is 10.8 Å². The van der Waals surface area contributed by atoms with Gasteiger partial charge in [0.1, 0.15) is 0 Å². The van der Waals surface area contributed by atoms with Crippen LogP contribution in [0.1, 0.15) is 12.5 Å². The van der Waals surface area contributed by atoms with E-state index < -0.39 is 0 Å². The van der Waals surface area contributed by atoms with Crippen molar-refractivity contribution in [3.05, 3.63) is 78.4 Å². The number of nitrogens with one attached hydrogen (secondary N) is 1. The van der Waals surface area contributed by atoms with Crippen LogP contribution in [-0.2, 0) is 11.3 Å². The molecule has 1 amide bonds. The van der Waals surface area contributed by atoms with Gasteiger partial charge in [0.2, 0.25) is 5.91 Å². The molecule has 3 rings (SSSR count). The minimum absolute atomic E-state index is 0.0620. The minimum Gasteiger partial charge on any atom is -0.351 e. The Balaban J connectivity index is 1.60. The van der Waals surface area contributed by atoms with Crippen LogP contribution in [0, 0.1) is 0 Å². The molecule has 0 saturated heterocycles. The molecule has 0 aliphatic rings. The van der Waals surface area contributed by atoms with Gasteiger partial charge in [-0.15, -0.1) is 11.8 Å². The maximum absolute atomic E-state index is 12.3. The normalized spacial score (nSPS) is 12.0. The second kappa shape index (κ2) is 7.34. The predicted molar refractivity (Wildman–Crippen MR) is 97.6 cm³/mol. The van der Waals surface area contributed by atoms with Crippen LogP contribution in [0.5, 0.6) is 0 Å². The lowest BCUT2D eigenvalue weighted by Gasteiger charge is -2.12. The average Bonchev–Trinajstić information content (AvgIpc) is 2.60. The van der Waals surface area contributed by atoms with Crippen LogP contribution in [0.3, 0.4) is 0 Å². The van der Waals surface area contributed by atoms with Crippen molar-refractivity contribution in [1.82, 2.24) is 5.32 Å². The Kier molecular flexibility index (Phi) is 4.99. The van der Waals surface area contributed by atoms with Gasteiger partial charge in [0.15, 0.2) is 0 Å². The van der Waals surface area contributed by atoms with Gasteiger partial charge in [-0.05, 0) is 35.4 Å². The van der Waals surface area contributed by atoms with Crippen LogP contribution in [0.15, 0.2) is 77.7 Å². The van der Waals surface area contributed by atoms with Crippen molar-refractivity contribution in [3.8, 4) is 0 Å². The molecule has 116 valence electrons. The van der Waals surface area contributed by atoms with Gasteiger partial charge in [-0.25, -0.2) is 0 Å². The van der Waals surface area contributed by atoms with Crippen LogP contribution in [-0.4, -0.2) is 11.2 Å². The van der Waals surface area contributed by atoms with Gasteiger partial charge in [0, 0.05) is 11.4 Å². The lowest BCUT2D eigenvalue weighted by Crippen LogP contribution is -2.30. The third kappa shape index (κ3) is 4.14. The van der Waals surface area contributed by atoms with Crippen molar-refractivity contribution in [3.63, 3.8) is 0 Å². The molecule has 1 atom stereocenters. The summed E-state index contributed by atoms with van der Waals surface area (Å²) in [4.78, 5) is 13.4. The Hall–Kier alpha value is -2.26. The number of hydrogen-bond acceptors (Lipinski definition) is 2. The van der Waals surface area contributed by atoms with Crippen molar-refractivity contribution in [1.29, 1.82) is 0 Å². The fraction of sp³-hybridized carbons (Fsp3) is 0.150. The highest BCUT2D eigenvalue weighted by molar-refractivity contribution is 8.00. The molecular formula is C20H19NOS. The van der Waals surface area contributed by atoms with E-state index in [2.05, 4.69) is 35.6 Å². The monoisotopic (exact) mass is 321 g/mol. The first-order chi connectivity index (χ1) is 11.2. The minimum atomic E-state index is -0.125. The van der Waals surface area contributed by atoms with Crippen LogP contribution in [0.25, 0.3) is 10.8 Å². The second-order valence-electron chi connectivity index (χ2n) is 5.47. The molecule has 0 bridgehead atoms. The summed E-state index contributed by atoms with van der Waals surface area (Å²) in [5.41, 5.74) is 1.11. The molecule has 23 heavy (non-hydrogen) atoms. The molecule has 0 unspecified atom stereocenters. The van der Waals surface area contributed by atoms with Crippen molar-refractivity contribution in [2.24, 2.45) is 0 Å². The Labute approximate surface area is 140 Å². The van der Waals surface area contributed by atoms with Gasteiger partial charge in [0.05, 0.1) is 5.25 Å². The molecular weight excluding hydrogens is 302 g/mol. The van der Waals surface area contributed by atoms with Crippen LogP contribution in [0.2, 0.25) is 0 Å². The van der Waals surface area contributed by atoms with Crippen molar-refractivity contribution >= 4 is 28.4 Å². The van der Waals surface area contributed by atoms with Gasteiger partial charge in [-0.2, -0.15) is 0 Å². The third-order valence-corrected chi connectivity index (χ3v) is 4.81. The van der Waals surface area contributed by atoms with Crippen molar-refractivity contribution in [2.75, 3.05) is 0 Å². The maximum Gasteiger partial charge on any atom is 0.233 e. The summed E-state index contributed by atoms with van der Waals surface area (Å²) < 4.78 is 0. The maximum atomic E-state index is 12.3. The molecule has 0 fully saturated rings. The summed E-state index contributed by atoms with van der Waals surface area (Å²) in [5, 5.41) is 5.29. The van der Waals surface area contributed by atoms with Crippen LogP contribution < -0.4 is 5.32 Å². The van der Waals surface area contributed by atoms with Crippen LogP contribution >= 0.6 is 11.8 Å². The first kappa shape index (κ1) is 15.6. The number of carbonyl (C=O) groups excluding carboxylic acids is 1. The number of carbonyl (C=O) groups is 1.